The van der Waals surface area contributed by atoms with Crippen molar-refractivity contribution in [3.05, 3.63) is 52.2 Å². The van der Waals surface area contributed by atoms with Gasteiger partial charge in [-0.25, -0.2) is 4.79 Å². The zero-order valence-electron chi connectivity index (χ0n) is 11.9. The van der Waals surface area contributed by atoms with Crippen LogP contribution in [-0.2, 0) is 6.54 Å². The molecule has 5 nitrogen and oxygen atoms in total. The standard InChI is InChI=1S/C15H17N3O2S/c1-18(2)15(20)17-13-5-3-4-11(8-13)9-16-14(19)12-6-7-21-10-12/h3-8,10H,9H2,1-2H3,(H,16,19)(H,17,20). The molecule has 0 aliphatic carbocycles. The molecule has 0 saturated heterocycles. The van der Waals surface area contributed by atoms with Crippen LogP contribution in [-0.4, -0.2) is 30.9 Å². The third-order valence-electron chi connectivity index (χ3n) is 2.82. The highest BCUT2D eigenvalue weighted by Gasteiger charge is 2.07. The van der Waals surface area contributed by atoms with E-state index < -0.39 is 0 Å². The van der Waals surface area contributed by atoms with E-state index in [0.717, 1.165) is 5.56 Å². The molecule has 0 aliphatic heterocycles. The predicted molar refractivity (Wildman–Crippen MR) is 84.6 cm³/mol. The molecule has 0 bridgehead atoms. The molecule has 2 N–H and O–H groups in total. The van der Waals surface area contributed by atoms with Gasteiger partial charge in [-0.2, -0.15) is 11.3 Å². The fourth-order valence-electron chi connectivity index (χ4n) is 1.67. The van der Waals surface area contributed by atoms with Crippen molar-refractivity contribution < 1.29 is 9.59 Å². The summed E-state index contributed by atoms with van der Waals surface area (Å²) in [5.74, 6) is -0.0982. The van der Waals surface area contributed by atoms with Gasteiger partial charge in [0.1, 0.15) is 0 Å². The van der Waals surface area contributed by atoms with Gasteiger partial charge in [-0.3, -0.25) is 4.79 Å². The highest BCUT2D eigenvalue weighted by molar-refractivity contribution is 7.08. The first-order chi connectivity index (χ1) is 10.1. The molecule has 1 heterocycles. The topological polar surface area (TPSA) is 61.4 Å². The van der Waals surface area contributed by atoms with Crippen molar-refractivity contribution in [3.8, 4) is 0 Å². The first-order valence-electron chi connectivity index (χ1n) is 6.44. The summed E-state index contributed by atoms with van der Waals surface area (Å²) in [7, 11) is 3.36. The molecule has 0 radical (unpaired) electrons. The van der Waals surface area contributed by atoms with Gasteiger partial charge in [-0.1, -0.05) is 12.1 Å². The van der Waals surface area contributed by atoms with Gasteiger partial charge in [0, 0.05) is 37.3 Å². The van der Waals surface area contributed by atoms with Crippen LogP contribution in [0.15, 0.2) is 41.1 Å². The molecule has 1 aromatic carbocycles. The number of rotatable bonds is 4. The first kappa shape index (κ1) is 15.1. The summed E-state index contributed by atoms with van der Waals surface area (Å²) in [6, 6.07) is 9.00. The average molecular weight is 303 g/mol. The van der Waals surface area contributed by atoms with Crippen LogP contribution in [0.25, 0.3) is 0 Å². The second-order valence-corrected chi connectivity index (χ2v) is 5.50. The second-order valence-electron chi connectivity index (χ2n) is 4.72. The number of benzene rings is 1. The third-order valence-corrected chi connectivity index (χ3v) is 3.50. The van der Waals surface area contributed by atoms with Crippen LogP contribution in [0.4, 0.5) is 10.5 Å². The molecular weight excluding hydrogens is 286 g/mol. The van der Waals surface area contributed by atoms with Gasteiger partial charge >= 0.3 is 6.03 Å². The minimum Gasteiger partial charge on any atom is -0.348 e. The van der Waals surface area contributed by atoms with Crippen molar-refractivity contribution in [1.82, 2.24) is 10.2 Å². The Morgan fingerprint density at radius 2 is 2.05 bits per heavy atom. The minimum atomic E-state index is -0.186. The second kappa shape index (κ2) is 6.90. The molecule has 2 rings (SSSR count). The molecule has 1 aromatic heterocycles. The largest absolute Gasteiger partial charge is 0.348 e. The third kappa shape index (κ3) is 4.32. The SMILES string of the molecule is CN(C)C(=O)Nc1cccc(CNC(=O)c2ccsc2)c1. The summed E-state index contributed by atoms with van der Waals surface area (Å²) in [6.07, 6.45) is 0. The van der Waals surface area contributed by atoms with Crippen LogP contribution in [0.3, 0.4) is 0 Å². The van der Waals surface area contributed by atoms with Gasteiger partial charge in [0.25, 0.3) is 5.91 Å². The molecule has 0 aliphatic rings. The number of carbonyl (C=O) groups is 2. The van der Waals surface area contributed by atoms with Crippen molar-refractivity contribution in [1.29, 1.82) is 0 Å². The molecular formula is C15H17N3O2S. The van der Waals surface area contributed by atoms with Gasteiger partial charge < -0.3 is 15.5 Å². The van der Waals surface area contributed by atoms with Gasteiger partial charge in [-0.15, -0.1) is 0 Å². The summed E-state index contributed by atoms with van der Waals surface area (Å²) in [4.78, 5) is 24.9. The Labute approximate surface area is 127 Å². The number of hydrogen-bond donors (Lipinski definition) is 2. The van der Waals surface area contributed by atoms with Gasteiger partial charge in [0.05, 0.1) is 0 Å². The summed E-state index contributed by atoms with van der Waals surface area (Å²) >= 11 is 1.49. The number of amides is 3. The first-order valence-corrected chi connectivity index (χ1v) is 7.38. The Morgan fingerprint density at radius 3 is 2.71 bits per heavy atom. The van der Waals surface area contributed by atoms with E-state index in [2.05, 4.69) is 10.6 Å². The van der Waals surface area contributed by atoms with Crippen molar-refractivity contribution in [2.24, 2.45) is 0 Å². The van der Waals surface area contributed by atoms with E-state index in [-0.39, 0.29) is 11.9 Å². The van der Waals surface area contributed by atoms with E-state index in [9.17, 15) is 9.59 Å². The quantitative estimate of drug-likeness (QED) is 0.912. The molecule has 6 heteroatoms. The maximum atomic E-state index is 11.9. The number of nitrogens with zero attached hydrogens (tertiary/aromatic N) is 1. The number of urea groups is 1. The fraction of sp³-hybridized carbons (Fsp3) is 0.200. The molecule has 0 fully saturated rings. The number of carbonyl (C=O) groups excluding carboxylic acids is 2. The van der Waals surface area contributed by atoms with Gasteiger partial charge in [0.2, 0.25) is 0 Å². The number of thiophene rings is 1. The van der Waals surface area contributed by atoms with Gasteiger partial charge in [-0.05, 0) is 29.1 Å². The molecule has 0 spiro atoms. The molecule has 0 saturated carbocycles. The lowest BCUT2D eigenvalue weighted by Crippen LogP contribution is -2.27. The summed E-state index contributed by atoms with van der Waals surface area (Å²) < 4.78 is 0. The molecule has 0 unspecified atom stereocenters. The highest BCUT2D eigenvalue weighted by Crippen LogP contribution is 2.12. The van der Waals surface area contributed by atoms with Crippen LogP contribution in [0.2, 0.25) is 0 Å². The maximum Gasteiger partial charge on any atom is 0.321 e. The molecule has 110 valence electrons. The van der Waals surface area contributed by atoms with E-state index in [4.69, 9.17) is 0 Å². The van der Waals surface area contributed by atoms with E-state index in [0.29, 0.717) is 17.8 Å². The fourth-order valence-corrected chi connectivity index (χ4v) is 2.31. The number of anilines is 1. The van der Waals surface area contributed by atoms with Crippen LogP contribution in [0, 0.1) is 0 Å². The Hall–Kier alpha value is -2.34. The minimum absolute atomic E-state index is 0.0982. The van der Waals surface area contributed by atoms with Crippen molar-refractivity contribution in [2.75, 3.05) is 19.4 Å². The molecule has 3 amide bonds. The van der Waals surface area contributed by atoms with Crippen molar-refractivity contribution in [2.45, 2.75) is 6.54 Å². The van der Waals surface area contributed by atoms with Crippen LogP contribution in [0.5, 0.6) is 0 Å². The Morgan fingerprint density at radius 1 is 1.24 bits per heavy atom. The maximum absolute atomic E-state index is 11.9. The Bertz CT molecular complexity index is 624. The molecule has 0 atom stereocenters. The normalized spacial score (nSPS) is 10.0. The zero-order chi connectivity index (χ0) is 15.2. The zero-order valence-corrected chi connectivity index (χ0v) is 12.7. The highest BCUT2D eigenvalue weighted by atomic mass is 32.1. The Kier molecular flexibility index (Phi) is 4.94. The van der Waals surface area contributed by atoms with E-state index in [1.54, 1.807) is 20.2 Å². The van der Waals surface area contributed by atoms with E-state index in [1.165, 1.54) is 16.2 Å². The van der Waals surface area contributed by atoms with Crippen LogP contribution in [0.1, 0.15) is 15.9 Å². The molecule has 2 aromatic rings. The van der Waals surface area contributed by atoms with Crippen molar-refractivity contribution in [3.63, 3.8) is 0 Å². The summed E-state index contributed by atoms with van der Waals surface area (Å²) in [6.45, 7) is 0.417. The Balaban J connectivity index is 1.95. The van der Waals surface area contributed by atoms with Gasteiger partial charge in [0.15, 0.2) is 0 Å². The summed E-state index contributed by atoms with van der Waals surface area (Å²) in [5.41, 5.74) is 2.29. The van der Waals surface area contributed by atoms with E-state index in [1.807, 2.05) is 35.0 Å². The number of hydrogen-bond acceptors (Lipinski definition) is 3. The van der Waals surface area contributed by atoms with E-state index >= 15 is 0 Å². The average Bonchev–Trinajstić information content (AvgIpc) is 2.99. The van der Waals surface area contributed by atoms with Crippen molar-refractivity contribution >= 4 is 29.0 Å². The summed E-state index contributed by atoms with van der Waals surface area (Å²) in [5, 5.41) is 9.30. The predicted octanol–water partition coefficient (Wildman–Crippen LogP) is 2.77. The smallest absolute Gasteiger partial charge is 0.321 e. The molecule has 21 heavy (non-hydrogen) atoms. The lowest BCUT2D eigenvalue weighted by molar-refractivity contribution is 0.0951. The van der Waals surface area contributed by atoms with Crippen LogP contribution < -0.4 is 10.6 Å². The number of nitrogens with one attached hydrogen (secondary N) is 2. The monoisotopic (exact) mass is 303 g/mol. The lowest BCUT2D eigenvalue weighted by Gasteiger charge is -2.13. The lowest BCUT2D eigenvalue weighted by atomic mass is 10.2. The van der Waals surface area contributed by atoms with Crippen LogP contribution >= 0.6 is 11.3 Å².